The second kappa shape index (κ2) is 9.44. The zero-order chi connectivity index (χ0) is 18.2. The Morgan fingerprint density at radius 1 is 1.12 bits per heavy atom. The fourth-order valence-electron chi connectivity index (χ4n) is 2.29. The van der Waals surface area contributed by atoms with Crippen LogP contribution in [-0.2, 0) is 0 Å². The van der Waals surface area contributed by atoms with E-state index >= 15 is 0 Å². The smallest absolute Gasteiger partial charge is 0.253 e. The SMILES string of the molecule is CCOc1ccccc1OC[C@H](O)CN(C)C(=O)c1ccc(Br)cc1. The van der Waals surface area contributed by atoms with Gasteiger partial charge >= 0.3 is 0 Å². The van der Waals surface area contributed by atoms with E-state index in [2.05, 4.69) is 15.9 Å². The predicted octanol–water partition coefficient (Wildman–Crippen LogP) is 3.36. The maximum Gasteiger partial charge on any atom is 0.253 e. The molecule has 0 aliphatic heterocycles. The van der Waals surface area contributed by atoms with E-state index in [9.17, 15) is 9.90 Å². The lowest BCUT2D eigenvalue weighted by molar-refractivity contribution is 0.0558. The first-order valence-electron chi connectivity index (χ1n) is 8.05. The molecule has 5 nitrogen and oxygen atoms in total. The molecule has 0 unspecified atom stereocenters. The molecule has 0 spiro atoms. The van der Waals surface area contributed by atoms with Crippen LogP contribution in [0.25, 0.3) is 0 Å². The highest BCUT2D eigenvalue weighted by molar-refractivity contribution is 9.10. The number of nitrogens with zero attached hydrogens (tertiary/aromatic N) is 1. The van der Waals surface area contributed by atoms with E-state index in [-0.39, 0.29) is 19.1 Å². The second-order valence-corrected chi connectivity index (χ2v) is 6.45. The van der Waals surface area contributed by atoms with Crippen LogP contribution >= 0.6 is 15.9 Å². The summed E-state index contributed by atoms with van der Waals surface area (Å²) in [6.45, 7) is 2.68. The van der Waals surface area contributed by atoms with Crippen molar-refractivity contribution in [3.05, 3.63) is 58.6 Å². The van der Waals surface area contributed by atoms with Gasteiger partial charge in [0.15, 0.2) is 11.5 Å². The monoisotopic (exact) mass is 407 g/mol. The first-order chi connectivity index (χ1) is 12.0. The maximum absolute atomic E-state index is 12.3. The van der Waals surface area contributed by atoms with Gasteiger partial charge in [-0.15, -0.1) is 0 Å². The van der Waals surface area contributed by atoms with Gasteiger partial charge in [-0.3, -0.25) is 4.79 Å². The first-order valence-corrected chi connectivity index (χ1v) is 8.84. The fraction of sp³-hybridized carbons (Fsp3) is 0.316. The third-order valence-electron chi connectivity index (χ3n) is 3.50. The lowest BCUT2D eigenvalue weighted by Gasteiger charge is -2.21. The summed E-state index contributed by atoms with van der Waals surface area (Å²) in [4.78, 5) is 13.8. The summed E-state index contributed by atoms with van der Waals surface area (Å²) in [5.41, 5.74) is 0.570. The summed E-state index contributed by atoms with van der Waals surface area (Å²) in [5, 5.41) is 10.2. The number of rotatable bonds is 8. The van der Waals surface area contributed by atoms with Gasteiger partial charge in [0.25, 0.3) is 5.91 Å². The van der Waals surface area contributed by atoms with Gasteiger partial charge in [0.2, 0.25) is 0 Å². The molecule has 0 aliphatic carbocycles. The van der Waals surface area contributed by atoms with Crippen molar-refractivity contribution < 1.29 is 19.4 Å². The molecule has 2 aromatic rings. The van der Waals surface area contributed by atoms with Crippen LogP contribution in [0.4, 0.5) is 0 Å². The van der Waals surface area contributed by atoms with E-state index in [1.807, 2.05) is 37.3 Å². The van der Waals surface area contributed by atoms with Crippen LogP contribution in [0, 0.1) is 0 Å². The van der Waals surface area contributed by atoms with E-state index < -0.39 is 6.10 Å². The molecule has 0 radical (unpaired) electrons. The average Bonchev–Trinajstić information content (AvgIpc) is 2.61. The van der Waals surface area contributed by atoms with Gasteiger partial charge in [0, 0.05) is 23.6 Å². The number of amides is 1. The molecule has 0 saturated carbocycles. The van der Waals surface area contributed by atoms with Crippen LogP contribution in [0.2, 0.25) is 0 Å². The van der Waals surface area contributed by atoms with Crippen molar-refractivity contribution in [1.29, 1.82) is 0 Å². The molecular formula is C19H22BrNO4. The number of benzene rings is 2. The Kier molecular flexibility index (Phi) is 7.28. The number of likely N-dealkylation sites (N-methyl/N-ethyl adjacent to an activating group) is 1. The summed E-state index contributed by atoms with van der Waals surface area (Å²) >= 11 is 3.34. The summed E-state index contributed by atoms with van der Waals surface area (Å²) in [7, 11) is 1.65. The molecular weight excluding hydrogens is 386 g/mol. The summed E-state index contributed by atoms with van der Waals surface area (Å²) < 4.78 is 12.0. The van der Waals surface area contributed by atoms with Gasteiger partial charge in [-0.25, -0.2) is 0 Å². The largest absolute Gasteiger partial charge is 0.490 e. The Morgan fingerprint density at radius 2 is 1.72 bits per heavy atom. The topological polar surface area (TPSA) is 59.0 Å². The standard InChI is InChI=1S/C19H22BrNO4/c1-3-24-17-6-4-5-7-18(17)25-13-16(22)12-21(2)19(23)14-8-10-15(20)11-9-14/h4-11,16,22H,3,12-13H2,1-2H3/t16-/m1/s1. The van der Waals surface area contributed by atoms with Gasteiger partial charge in [-0.05, 0) is 43.3 Å². The third kappa shape index (κ3) is 5.76. The minimum Gasteiger partial charge on any atom is -0.490 e. The van der Waals surface area contributed by atoms with Crippen molar-refractivity contribution in [2.45, 2.75) is 13.0 Å². The van der Waals surface area contributed by atoms with E-state index in [4.69, 9.17) is 9.47 Å². The van der Waals surface area contributed by atoms with E-state index in [1.54, 1.807) is 25.2 Å². The number of halogens is 1. The Morgan fingerprint density at radius 3 is 2.32 bits per heavy atom. The number of hydrogen-bond donors (Lipinski definition) is 1. The molecule has 0 bridgehead atoms. The average molecular weight is 408 g/mol. The van der Waals surface area contributed by atoms with E-state index in [0.29, 0.717) is 23.7 Å². The van der Waals surface area contributed by atoms with Crippen LogP contribution in [0.1, 0.15) is 17.3 Å². The highest BCUT2D eigenvalue weighted by Crippen LogP contribution is 2.26. The Balaban J connectivity index is 1.88. The van der Waals surface area contributed by atoms with Gasteiger partial charge in [0.05, 0.1) is 6.61 Å². The molecule has 0 aliphatic rings. The molecule has 0 heterocycles. The molecule has 1 amide bonds. The van der Waals surface area contributed by atoms with Crippen LogP contribution in [0.15, 0.2) is 53.0 Å². The lowest BCUT2D eigenvalue weighted by atomic mass is 10.2. The van der Waals surface area contributed by atoms with Gasteiger partial charge in [0.1, 0.15) is 12.7 Å². The van der Waals surface area contributed by atoms with Crippen LogP contribution in [0.5, 0.6) is 11.5 Å². The van der Waals surface area contributed by atoms with Crippen LogP contribution in [0.3, 0.4) is 0 Å². The van der Waals surface area contributed by atoms with E-state index in [0.717, 1.165) is 4.47 Å². The molecule has 1 atom stereocenters. The number of carbonyl (C=O) groups is 1. The molecule has 2 rings (SSSR count). The van der Waals surface area contributed by atoms with Crippen LogP contribution < -0.4 is 9.47 Å². The molecule has 25 heavy (non-hydrogen) atoms. The Labute approximate surface area is 156 Å². The molecule has 1 N–H and O–H groups in total. The van der Waals surface area contributed by atoms with Gasteiger partial charge < -0.3 is 19.5 Å². The summed E-state index contributed by atoms with van der Waals surface area (Å²) in [6.07, 6.45) is -0.806. The van der Waals surface area contributed by atoms with E-state index in [1.165, 1.54) is 4.90 Å². The Bertz CT molecular complexity index is 690. The summed E-state index contributed by atoms with van der Waals surface area (Å²) in [5.74, 6) is 1.06. The molecule has 0 aromatic heterocycles. The Hall–Kier alpha value is -2.05. The predicted molar refractivity (Wildman–Crippen MR) is 100 cm³/mol. The minimum atomic E-state index is -0.806. The van der Waals surface area contributed by atoms with Crippen molar-refractivity contribution in [1.82, 2.24) is 4.90 Å². The number of aliphatic hydroxyl groups excluding tert-OH is 1. The zero-order valence-corrected chi connectivity index (χ0v) is 15.9. The van der Waals surface area contributed by atoms with Crippen molar-refractivity contribution >= 4 is 21.8 Å². The van der Waals surface area contributed by atoms with Gasteiger partial charge in [-0.1, -0.05) is 28.1 Å². The normalized spacial score (nSPS) is 11.7. The summed E-state index contributed by atoms with van der Waals surface area (Å²) in [6, 6.07) is 14.4. The van der Waals surface area contributed by atoms with Crippen molar-refractivity contribution in [2.75, 3.05) is 26.8 Å². The molecule has 134 valence electrons. The molecule has 0 saturated heterocycles. The molecule has 0 fully saturated rings. The van der Waals surface area contributed by atoms with Crippen LogP contribution in [-0.4, -0.2) is 48.8 Å². The molecule has 2 aromatic carbocycles. The fourth-order valence-corrected chi connectivity index (χ4v) is 2.56. The van der Waals surface area contributed by atoms with Crippen molar-refractivity contribution in [3.8, 4) is 11.5 Å². The number of para-hydroxylation sites is 2. The first kappa shape index (κ1) is 19.3. The lowest BCUT2D eigenvalue weighted by Crippen LogP contribution is -2.37. The van der Waals surface area contributed by atoms with Crippen molar-refractivity contribution in [3.63, 3.8) is 0 Å². The quantitative estimate of drug-likeness (QED) is 0.728. The third-order valence-corrected chi connectivity index (χ3v) is 4.03. The number of hydrogen-bond acceptors (Lipinski definition) is 4. The number of aliphatic hydroxyl groups is 1. The minimum absolute atomic E-state index is 0.0715. The second-order valence-electron chi connectivity index (χ2n) is 5.54. The number of ether oxygens (including phenoxy) is 2. The maximum atomic E-state index is 12.3. The molecule has 6 heteroatoms. The zero-order valence-electron chi connectivity index (χ0n) is 14.3. The highest BCUT2D eigenvalue weighted by Gasteiger charge is 2.16. The van der Waals surface area contributed by atoms with Gasteiger partial charge in [-0.2, -0.15) is 0 Å². The highest BCUT2D eigenvalue weighted by atomic mass is 79.9. The van der Waals surface area contributed by atoms with Crippen molar-refractivity contribution in [2.24, 2.45) is 0 Å². The number of carbonyl (C=O) groups excluding carboxylic acids is 1.